The molecule has 0 saturated heterocycles. The fraction of sp³-hybridized carbons (Fsp3) is 0.500. The van der Waals surface area contributed by atoms with E-state index in [1.165, 1.54) is 12.4 Å². The summed E-state index contributed by atoms with van der Waals surface area (Å²) in [6.07, 6.45) is 2.78. The number of carbonyl (C=O) groups is 2. The first kappa shape index (κ1) is 11.4. The minimum absolute atomic E-state index is 0.0874. The Kier molecular flexibility index (Phi) is 2.53. The number of rotatable bonds is 3. The van der Waals surface area contributed by atoms with Crippen LogP contribution in [-0.4, -0.2) is 32.2 Å². The summed E-state index contributed by atoms with van der Waals surface area (Å²) < 4.78 is 0. The zero-order valence-electron chi connectivity index (χ0n) is 9.41. The van der Waals surface area contributed by atoms with Gasteiger partial charge in [0.15, 0.2) is 0 Å². The molecule has 2 rings (SSSR count). The number of amides is 1. The van der Waals surface area contributed by atoms with Crippen LogP contribution in [0.25, 0.3) is 0 Å². The zero-order chi connectivity index (χ0) is 12.6. The summed E-state index contributed by atoms with van der Waals surface area (Å²) in [5.41, 5.74) is -0.530. The van der Waals surface area contributed by atoms with Crippen LogP contribution in [0.5, 0.6) is 0 Å². The van der Waals surface area contributed by atoms with Gasteiger partial charge in [-0.2, -0.15) is 5.10 Å². The van der Waals surface area contributed by atoms with E-state index in [0.29, 0.717) is 0 Å². The van der Waals surface area contributed by atoms with E-state index in [0.717, 1.165) is 0 Å². The second kappa shape index (κ2) is 3.76. The van der Waals surface area contributed by atoms with Crippen molar-refractivity contribution in [3.8, 4) is 0 Å². The summed E-state index contributed by atoms with van der Waals surface area (Å²) in [5.74, 6) is -2.45. The number of anilines is 1. The molecule has 1 amide bonds. The van der Waals surface area contributed by atoms with Gasteiger partial charge in [0.2, 0.25) is 11.9 Å². The molecular weight excluding hydrogens is 224 g/mol. The summed E-state index contributed by atoms with van der Waals surface area (Å²) in [7, 11) is 0. The standard InChI is InChI=1S/C10H12N4O3/c1-10(2)5(6(10)8(16)17)7(15)13-9-11-3-4-12-14-9/h3-6H,1-2H3,(H,16,17)(H,11,13,14,15). The monoisotopic (exact) mass is 236 g/mol. The Balaban J connectivity index is 2.06. The van der Waals surface area contributed by atoms with E-state index in [9.17, 15) is 9.59 Å². The van der Waals surface area contributed by atoms with Crippen LogP contribution in [0.15, 0.2) is 12.4 Å². The molecule has 1 fully saturated rings. The predicted molar refractivity (Wildman–Crippen MR) is 56.9 cm³/mol. The van der Waals surface area contributed by atoms with Gasteiger partial charge in [0, 0.05) is 0 Å². The highest BCUT2D eigenvalue weighted by atomic mass is 16.4. The average Bonchev–Trinajstić information content (AvgIpc) is 2.83. The van der Waals surface area contributed by atoms with Crippen LogP contribution in [0.1, 0.15) is 13.8 Å². The van der Waals surface area contributed by atoms with E-state index in [2.05, 4.69) is 20.5 Å². The van der Waals surface area contributed by atoms with E-state index in [1.54, 1.807) is 13.8 Å². The van der Waals surface area contributed by atoms with Gasteiger partial charge in [-0.15, -0.1) is 5.10 Å². The molecule has 90 valence electrons. The number of hydrogen-bond acceptors (Lipinski definition) is 5. The molecule has 0 aliphatic heterocycles. The number of carboxylic acids is 1. The van der Waals surface area contributed by atoms with Gasteiger partial charge < -0.3 is 5.11 Å². The number of nitrogens with zero attached hydrogens (tertiary/aromatic N) is 3. The fourth-order valence-corrected chi connectivity index (χ4v) is 2.08. The van der Waals surface area contributed by atoms with Crippen molar-refractivity contribution in [3.05, 3.63) is 12.4 Å². The molecule has 0 spiro atoms. The molecule has 1 heterocycles. The summed E-state index contributed by atoms with van der Waals surface area (Å²) in [6.45, 7) is 3.50. The molecule has 0 bridgehead atoms. The van der Waals surface area contributed by atoms with Gasteiger partial charge in [-0.05, 0) is 5.41 Å². The summed E-state index contributed by atoms with van der Waals surface area (Å²) in [5, 5.41) is 18.6. The molecule has 1 saturated carbocycles. The minimum Gasteiger partial charge on any atom is -0.481 e. The quantitative estimate of drug-likeness (QED) is 0.774. The second-order valence-electron chi connectivity index (χ2n) is 4.57. The van der Waals surface area contributed by atoms with Gasteiger partial charge in [-0.3, -0.25) is 14.9 Å². The van der Waals surface area contributed by atoms with Gasteiger partial charge in [-0.1, -0.05) is 13.8 Å². The molecule has 7 heteroatoms. The molecule has 0 aromatic carbocycles. The summed E-state index contributed by atoms with van der Waals surface area (Å²) in [4.78, 5) is 26.5. The molecule has 1 aliphatic rings. The Labute approximate surface area is 97.3 Å². The zero-order valence-corrected chi connectivity index (χ0v) is 9.41. The molecule has 2 unspecified atom stereocenters. The summed E-state index contributed by atoms with van der Waals surface area (Å²) in [6, 6.07) is 0. The second-order valence-corrected chi connectivity index (χ2v) is 4.57. The number of carbonyl (C=O) groups excluding carboxylic acids is 1. The van der Waals surface area contributed by atoms with Crippen molar-refractivity contribution in [1.29, 1.82) is 0 Å². The fourth-order valence-electron chi connectivity index (χ4n) is 2.08. The Bertz CT molecular complexity index is 460. The van der Waals surface area contributed by atoms with Crippen LogP contribution in [0, 0.1) is 17.3 Å². The Morgan fingerprint density at radius 1 is 1.35 bits per heavy atom. The molecule has 2 atom stereocenters. The Morgan fingerprint density at radius 2 is 2.06 bits per heavy atom. The van der Waals surface area contributed by atoms with Crippen LogP contribution >= 0.6 is 0 Å². The highest BCUT2D eigenvalue weighted by Crippen LogP contribution is 2.58. The lowest BCUT2D eigenvalue weighted by Crippen LogP contribution is -2.19. The van der Waals surface area contributed by atoms with E-state index >= 15 is 0 Å². The third-order valence-electron chi connectivity index (χ3n) is 3.09. The molecule has 7 nitrogen and oxygen atoms in total. The maximum Gasteiger partial charge on any atom is 0.307 e. The van der Waals surface area contributed by atoms with Gasteiger partial charge >= 0.3 is 5.97 Å². The highest BCUT2D eigenvalue weighted by Gasteiger charge is 2.66. The molecule has 1 aromatic rings. The Hall–Kier alpha value is -2.05. The SMILES string of the molecule is CC1(C)C(C(=O)O)C1C(=O)Nc1nccnn1. The molecule has 2 N–H and O–H groups in total. The van der Waals surface area contributed by atoms with Crippen LogP contribution in [0.3, 0.4) is 0 Å². The lowest BCUT2D eigenvalue weighted by atomic mass is 10.1. The van der Waals surface area contributed by atoms with Crippen molar-refractivity contribution < 1.29 is 14.7 Å². The van der Waals surface area contributed by atoms with Crippen molar-refractivity contribution in [1.82, 2.24) is 15.2 Å². The van der Waals surface area contributed by atoms with Gasteiger partial charge in [0.05, 0.1) is 24.2 Å². The maximum atomic E-state index is 11.8. The number of aromatic nitrogens is 3. The smallest absolute Gasteiger partial charge is 0.307 e. The third kappa shape index (κ3) is 1.95. The molecule has 1 aliphatic carbocycles. The Morgan fingerprint density at radius 3 is 2.53 bits per heavy atom. The van der Waals surface area contributed by atoms with Crippen LogP contribution in [0.4, 0.5) is 5.95 Å². The number of carboxylic acid groups (broad SMARTS) is 1. The molecular formula is C10H12N4O3. The van der Waals surface area contributed by atoms with Gasteiger partial charge in [-0.25, -0.2) is 4.98 Å². The van der Waals surface area contributed by atoms with Crippen LogP contribution in [0.2, 0.25) is 0 Å². The first-order valence-corrected chi connectivity index (χ1v) is 5.12. The molecule has 1 aromatic heterocycles. The average molecular weight is 236 g/mol. The van der Waals surface area contributed by atoms with Crippen molar-refractivity contribution >= 4 is 17.8 Å². The predicted octanol–water partition coefficient (Wildman–Crippen LogP) is 0.167. The largest absolute Gasteiger partial charge is 0.481 e. The highest BCUT2D eigenvalue weighted by molar-refractivity contribution is 5.98. The lowest BCUT2D eigenvalue weighted by Gasteiger charge is -2.02. The van der Waals surface area contributed by atoms with Crippen molar-refractivity contribution in [2.75, 3.05) is 5.32 Å². The number of nitrogens with one attached hydrogen (secondary N) is 1. The number of aliphatic carboxylic acids is 1. The minimum atomic E-state index is -0.956. The molecule has 0 radical (unpaired) electrons. The van der Waals surface area contributed by atoms with Crippen molar-refractivity contribution in [2.24, 2.45) is 17.3 Å². The molecule has 17 heavy (non-hydrogen) atoms. The van der Waals surface area contributed by atoms with Gasteiger partial charge in [0.25, 0.3) is 0 Å². The third-order valence-corrected chi connectivity index (χ3v) is 3.09. The first-order valence-electron chi connectivity index (χ1n) is 5.12. The van der Waals surface area contributed by atoms with Crippen LogP contribution in [-0.2, 0) is 9.59 Å². The van der Waals surface area contributed by atoms with E-state index < -0.39 is 23.2 Å². The van der Waals surface area contributed by atoms with Crippen LogP contribution < -0.4 is 5.32 Å². The van der Waals surface area contributed by atoms with Gasteiger partial charge in [0.1, 0.15) is 0 Å². The summed E-state index contributed by atoms with van der Waals surface area (Å²) >= 11 is 0. The van der Waals surface area contributed by atoms with E-state index in [-0.39, 0.29) is 11.9 Å². The number of hydrogen-bond donors (Lipinski definition) is 2. The maximum absolute atomic E-state index is 11.8. The first-order chi connectivity index (χ1) is 7.94. The van der Waals surface area contributed by atoms with E-state index in [4.69, 9.17) is 5.11 Å². The van der Waals surface area contributed by atoms with Crippen molar-refractivity contribution in [2.45, 2.75) is 13.8 Å². The normalized spacial score (nSPS) is 25.1. The topological polar surface area (TPSA) is 105 Å². The van der Waals surface area contributed by atoms with E-state index in [1.807, 2.05) is 0 Å². The lowest BCUT2D eigenvalue weighted by molar-refractivity contribution is -0.140. The van der Waals surface area contributed by atoms with Crippen molar-refractivity contribution in [3.63, 3.8) is 0 Å².